The monoisotopic (exact) mass is 382 g/mol. The lowest BCUT2D eigenvalue weighted by atomic mass is 9.96. The van der Waals surface area contributed by atoms with Crippen LogP contribution in [-0.4, -0.2) is 62.6 Å². The Morgan fingerprint density at radius 1 is 1.21 bits per heavy atom. The summed E-state index contributed by atoms with van der Waals surface area (Å²) < 4.78 is 0. The highest BCUT2D eigenvalue weighted by molar-refractivity contribution is 5.92. The first-order chi connectivity index (χ1) is 13.6. The van der Waals surface area contributed by atoms with Crippen LogP contribution in [0.25, 0.3) is 0 Å². The summed E-state index contributed by atoms with van der Waals surface area (Å²) in [7, 11) is 2.02. The zero-order chi connectivity index (χ0) is 19.3. The molecule has 1 saturated heterocycles. The minimum absolute atomic E-state index is 0.0311. The summed E-state index contributed by atoms with van der Waals surface area (Å²) in [6.07, 6.45) is 4.98. The van der Waals surface area contributed by atoms with Crippen molar-refractivity contribution in [3.05, 3.63) is 44.9 Å². The highest BCUT2D eigenvalue weighted by Crippen LogP contribution is 2.39. The molecule has 4 heterocycles. The molecule has 0 unspecified atom stereocenters. The van der Waals surface area contributed by atoms with Gasteiger partial charge in [0.2, 0.25) is 0 Å². The Morgan fingerprint density at radius 3 is 2.89 bits per heavy atom. The van der Waals surface area contributed by atoms with Crippen LogP contribution in [0.1, 0.15) is 70.8 Å². The van der Waals surface area contributed by atoms with Crippen molar-refractivity contribution < 1.29 is 4.79 Å². The van der Waals surface area contributed by atoms with Crippen molar-refractivity contribution in [3.8, 4) is 0 Å². The fourth-order valence-electron chi connectivity index (χ4n) is 4.37. The normalized spacial score (nSPS) is 22.9. The van der Waals surface area contributed by atoms with Gasteiger partial charge < -0.3 is 14.8 Å². The highest BCUT2D eigenvalue weighted by Gasteiger charge is 2.31. The number of aromatic nitrogens is 4. The van der Waals surface area contributed by atoms with Crippen molar-refractivity contribution in [3.63, 3.8) is 0 Å². The first kappa shape index (κ1) is 17.6. The molecule has 0 bridgehead atoms. The number of fused-ring (bicyclic) bond motifs is 1. The molecule has 1 saturated carbocycles. The summed E-state index contributed by atoms with van der Waals surface area (Å²) in [5.74, 6) is 1.31. The maximum absolute atomic E-state index is 12.9. The van der Waals surface area contributed by atoms with Crippen molar-refractivity contribution in [2.75, 3.05) is 26.7 Å². The number of rotatable bonds is 3. The number of amides is 1. The van der Waals surface area contributed by atoms with Gasteiger partial charge in [-0.25, -0.2) is 4.98 Å². The van der Waals surface area contributed by atoms with E-state index in [1.165, 1.54) is 12.8 Å². The Labute approximate surface area is 163 Å². The topological polar surface area (TPSA) is 98.0 Å². The van der Waals surface area contributed by atoms with Crippen molar-refractivity contribution in [2.24, 2.45) is 0 Å². The second kappa shape index (κ2) is 6.84. The first-order valence-corrected chi connectivity index (χ1v) is 10.2. The second-order valence-corrected chi connectivity index (χ2v) is 8.44. The van der Waals surface area contributed by atoms with Crippen molar-refractivity contribution in [2.45, 2.75) is 50.5 Å². The minimum Gasteiger partial charge on any atom is -0.337 e. The van der Waals surface area contributed by atoms with Gasteiger partial charge in [0.05, 0.1) is 11.3 Å². The van der Waals surface area contributed by atoms with Crippen LogP contribution in [0.5, 0.6) is 0 Å². The second-order valence-electron chi connectivity index (χ2n) is 8.44. The lowest BCUT2D eigenvalue weighted by Gasteiger charge is -2.32. The number of carbonyl (C=O) groups excluding carboxylic acids is 1. The summed E-state index contributed by atoms with van der Waals surface area (Å²) in [5.41, 5.74) is 3.24. The molecule has 1 atom stereocenters. The number of likely N-dealkylation sites (N-methyl/N-ethyl adjacent to an activating group) is 1. The SMILES string of the molecule is CN1CCc2nc([C@H]3CCCN(C(=O)c4cc(C5CC5)[nH]n4)C3)[nH]c(=O)c2C1. The third-order valence-corrected chi connectivity index (χ3v) is 6.21. The number of piperidine rings is 1. The predicted molar refractivity (Wildman–Crippen MR) is 103 cm³/mol. The molecule has 2 aromatic heterocycles. The number of H-pyrrole nitrogens is 2. The number of hydrogen-bond donors (Lipinski definition) is 2. The molecule has 5 rings (SSSR count). The zero-order valence-corrected chi connectivity index (χ0v) is 16.2. The summed E-state index contributed by atoms with van der Waals surface area (Å²) in [6.45, 7) is 2.86. The number of likely N-dealkylation sites (tertiary alicyclic amines) is 1. The zero-order valence-electron chi connectivity index (χ0n) is 16.2. The summed E-state index contributed by atoms with van der Waals surface area (Å²) >= 11 is 0. The molecular weight excluding hydrogens is 356 g/mol. The van der Waals surface area contributed by atoms with E-state index in [0.29, 0.717) is 24.7 Å². The van der Waals surface area contributed by atoms with Crippen LogP contribution in [0, 0.1) is 0 Å². The maximum atomic E-state index is 12.9. The van der Waals surface area contributed by atoms with Crippen LogP contribution < -0.4 is 5.56 Å². The molecule has 2 fully saturated rings. The van der Waals surface area contributed by atoms with E-state index in [1.807, 2.05) is 18.0 Å². The van der Waals surface area contributed by atoms with Crippen LogP contribution in [0.15, 0.2) is 10.9 Å². The molecule has 1 amide bonds. The van der Waals surface area contributed by atoms with Gasteiger partial charge in [0.15, 0.2) is 0 Å². The summed E-state index contributed by atoms with van der Waals surface area (Å²) in [5, 5.41) is 7.25. The number of nitrogens with zero attached hydrogens (tertiary/aromatic N) is 4. The Morgan fingerprint density at radius 2 is 2.07 bits per heavy atom. The fourth-order valence-corrected chi connectivity index (χ4v) is 4.37. The smallest absolute Gasteiger partial charge is 0.274 e. The molecule has 8 heteroatoms. The minimum atomic E-state index is -0.0326. The third kappa shape index (κ3) is 3.26. The molecule has 1 aliphatic carbocycles. The van der Waals surface area contributed by atoms with Crippen LogP contribution >= 0.6 is 0 Å². The molecule has 0 spiro atoms. The molecule has 2 aromatic rings. The average molecular weight is 382 g/mol. The first-order valence-electron chi connectivity index (χ1n) is 10.2. The average Bonchev–Trinajstić information content (AvgIpc) is 3.45. The number of hydrogen-bond acceptors (Lipinski definition) is 5. The van der Waals surface area contributed by atoms with Crippen molar-refractivity contribution in [1.29, 1.82) is 0 Å². The van der Waals surface area contributed by atoms with E-state index in [0.717, 1.165) is 55.1 Å². The third-order valence-electron chi connectivity index (χ3n) is 6.21. The predicted octanol–water partition coefficient (Wildman–Crippen LogP) is 1.38. The Kier molecular flexibility index (Phi) is 4.30. The van der Waals surface area contributed by atoms with Crippen LogP contribution in [0.4, 0.5) is 0 Å². The standard InChI is InChI=1S/C20H26N6O2/c1-25-8-6-15-14(11-25)19(27)22-18(21-15)13-3-2-7-26(10-13)20(28)17-9-16(23-24-17)12-4-5-12/h9,12-13H,2-8,10-11H2,1H3,(H,23,24)(H,21,22,27)/t13-/m0/s1. The van der Waals surface area contributed by atoms with Gasteiger partial charge in [-0.15, -0.1) is 0 Å². The van der Waals surface area contributed by atoms with E-state index in [4.69, 9.17) is 4.98 Å². The van der Waals surface area contributed by atoms with Gasteiger partial charge in [-0.3, -0.25) is 14.7 Å². The molecule has 148 valence electrons. The molecule has 2 N–H and O–H groups in total. The highest BCUT2D eigenvalue weighted by atomic mass is 16.2. The lowest BCUT2D eigenvalue weighted by molar-refractivity contribution is 0.0698. The molecule has 28 heavy (non-hydrogen) atoms. The van der Waals surface area contributed by atoms with Gasteiger partial charge in [0.1, 0.15) is 11.5 Å². The van der Waals surface area contributed by atoms with E-state index in [-0.39, 0.29) is 17.4 Å². The van der Waals surface area contributed by atoms with Crippen LogP contribution in [0.2, 0.25) is 0 Å². The molecule has 3 aliphatic rings. The van der Waals surface area contributed by atoms with Gasteiger partial charge in [-0.2, -0.15) is 5.10 Å². The van der Waals surface area contributed by atoms with E-state index in [9.17, 15) is 9.59 Å². The van der Waals surface area contributed by atoms with Gasteiger partial charge >= 0.3 is 0 Å². The van der Waals surface area contributed by atoms with Crippen LogP contribution in [-0.2, 0) is 13.0 Å². The van der Waals surface area contributed by atoms with Gasteiger partial charge in [-0.05, 0) is 38.8 Å². The molecule has 0 radical (unpaired) electrons. The largest absolute Gasteiger partial charge is 0.337 e. The van der Waals surface area contributed by atoms with Crippen LogP contribution in [0.3, 0.4) is 0 Å². The van der Waals surface area contributed by atoms with Crippen molar-refractivity contribution >= 4 is 5.91 Å². The summed E-state index contributed by atoms with van der Waals surface area (Å²) in [4.78, 5) is 37.3. The molecule has 0 aromatic carbocycles. The van der Waals surface area contributed by atoms with Gasteiger partial charge in [-0.1, -0.05) is 0 Å². The Bertz CT molecular complexity index is 960. The van der Waals surface area contributed by atoms with E-state index in [2.05, 4.69) is 20.1 Å². The van der Waals surface area contributed by atoms with E-state index >= 15 is 0 Å². The Hall–Kier alpha value is -2.48. The van der Waals surface area contributed by atoms with Gasteiger partial charge in [0.25, 0.3) is 11.5 Å². The van der Waals surface area contributed by atoms with E-state index < -0.39 is 0 Å². The molecule has 8 nitrogen and oxygen atoms in total. The number of nitrogens with one attached hydrogen (secondary N) is 2. The molecule has 2 aliphatic heterocycles. The lowest BCUT2D eigenvalue weighted by Crippen LogP contribution is -2.41. The number of aromatic amines is 2. The molecular formula is C20H26N6O2. The maximum Gasteiger partial charge on any atom is 0.274 e. The Balaban J connectivity index is 1.34. The van der Waals surface area contributed by atoms with Gasteiger partial charge in [0, 0.05) is 50.1 Å². The van der Waals surface area contributed by atoms with Crippen molar-refractivity contribution in [1.82, 2.24) is 30.0 Å². The number of carbonyl (C=O) groups is 1. The van der Waals surface area contributed by atoms with E-state index in [1.54, 1.807) is 0 Å². The quantitative estimate of drug-likeness (QED) is 0.836. The summed E-state index contributed by atoms with van der Waals surface area (Å²) in [6, 6.07) is 1.90. The fraction of sp³-hybridized carbons (Fsp3) is 0.600.